The number of hydrogen-bond acceptors (Lipinski definition) is 4. The quantitative estimate of drug-likeness (QED) is 0.878. The number of nitrogens with zero attached hydrogens (tertiary/aromatic N) is 3. The molecule has 0 atom stereocenters. The van der Waals surface area contributed by atoms with Gasteiger partial charge in [-0.25, -0.2) is 4.98 Å². The van der Waals surface area contributed by atoms with Gasteiger partial charge in [-0.2, -0.15) is 4.98 Å². The third-order valence-electron chi connectivity index (χ3n) is 4.19. The fourth-order valence-electron chi connectivity index (χ4n) is 3.08. The Labute approximate surface area is 142 Å². The molecular formula is C18H23ClN4. The Kier molecular flexibility index (Phi) is 4.71. The third-order valence-corrected chi connectivity index (χ3v) is 4.49. The van der Waals surface area contributed by atoms with Crippen LogP contribution >= 0.6 is 11.6 Å². The molecule has 0 bridgehead atoms. The lowest BCUT2D eigenvalue weighted by molar-refractivity contribution is 0.573. The average molecular weight is 331 g/mol. The summed E-state index contributed by atoms with van der Waals surface area (Å²) in [6, 6.07) is 6.12. The van der Waals surface area contributed by atoms with E-state index in [1.807, 2.05) is 26.8 Å². The Hall–Kier alpha value is -1.81. The molecule has 0 unspecified atom stereocenters. The maximum Gasteiger partial charge on any atom is 0.229 e. The van der Waals surface area contributed by atoms with Gasteiger partial charge in [-0.1, -0.05) is 17.7 Å². The van der Waals surface area contributed by atoms with Gasteiger partial charge < -0.3 is 10.2 Å². The fraction of sp³-hybridized carbons (Fsp3) is 0.444. The number of anilines is 3. The molecule has 1 fully saturated rings. The summed E-state index contributed by atoms with van der Waals surface area (Å²) in [5.74, 6) is 1.61. The second-order valence-electron chi connectivity index (χ2n) is 6.30. The number of aryl methyl sites for hydroxylation is 3. The molecule has 0 amide bonds. The van der Waals surface area contributed by atoms with Crippen LogP contribution in [-0.2, 0) is 0 Å². The van der Waals surface area contributed by atoms with E-state index in [9.17, 15) is 0 Å². The van der Waals surface area contributed by atoms with Gasteiger partial charge in [0, 0.05) is 24.8 Å². The van der Waals surface area contributed by atoms with Crippen molar-refractivity contribution in [1.82, 2.24) is 9.97 Å². The molecule has 122 valence electrons. The Bertz CT molecular complexity index is 685. The highest BCUT2D eigenvalue weighted by Crippen LogP contribution is 2.30. The van der Waals surface area contributed by atoms with Crippen LogP contribution < -0.4 is 10.2 Å². The van der Waals surface area contributed by atoms with E-state index in [2.05, 4.69) is 27.3 Å². The van der Waals surface area contributed by atoms with Gasteiger partial charge in [0.1, 0.15) is 5.82 Å². The van der Waals surface area contributed by atoms with E-state index in [1.165, 1.54) is 19.3 Å². The normalized spacial score (nSPS) is 14.9. The number of benzene rings is 1. The lowest BCUT2D eigenvalue weighted by Crippen LogP contribution is -2.30. The Balaban J connectivity index is 1.90. The van der Waals surface area contributed by atoms with Gasteiger partial charge in [-0.3, -0.25) is 0 Å². The minimum atomic E-state index is 0.611. The van der Waals surface area contributed by atoms with Crippen LogP contribution in [0.2, 0.25) is 5.02 Å². The van der Waals surface area contributed by atoms with E-state index < -0.39 is 0 Å². The summed E-state index contributed by atoms with van der Waals surface area (Å²) in [5, 5.41) is 4.01. The molecule has 4 nitrogen and oxygen atoms in total. The Morgan fingerprint density at radius 2 is 1.74 bits per heavy atom. The van der Waals surface area contributed by atoms with Gasteiger partial charge >= 0.3 is 0 Å². The molecule has 1 aromatic heterocycles. The van der Waals surface area contributed by atoms with Crippen molar-refractivity contribution in [3.8, 4) is 0 Å². The van der Waals surface area contributed by atoms with Crippen LogP contribution in [0.5, 0.6) is 0 Å². The molecule has 2 heterocycles. The zero-order valence-electron chi connectivity index (χ0n) is 14.0. The molecule has 1 aromatic carbocycles. The van der Waals surface area contributed by atoms with Crippen molar-refractivity contribution in [3.63, 3.8) is 0 Å². The largest absolute Gasteiger partial charge is 0.356 e. The molecule has 5 heteroatoms. The molecule has 23 heavy (non-hydrogen) atoms. The van der Waals surface area contributed by atoms with Crippen molar-refractivity contribution in [3.05, 3.63) is 40.0 Å². The zero-order valence-corrected chi connectivity index (χ0v) is 14.7. The minimum absolute atomic E-state index is 0.611. The number of aromatic nitrogens is 2. The predicted molar refractivity (Wildman–Crippen MR) is 97.0 cm³/mol. The minimum Gasteiger partial charge on any atom is -0.356 e. The van der Waals surface area contributed by atoms with Crippen molar-refractivity contribution >= 4 is 29.1 Å². The van der Waals surface area contributed by atoms with Gasteiger partial charge in [0.2, 0.25) is 5.95 Å². The van der Waals surface area contributed by atoms with Crippen LogP contribution in [0.25, 0.3) is 0 Å². The summed E-state index contributed by atoms with van der Waals surface area (Å²) >= 11 is 6.38. The van der Waals surface area contributed by atoms with E-state index >= 15 is 0 Å². The topological polar surface area (TPSA) is 41.1 Å². The van der Waals surface area contributed by atoms with E-state index in [0.717, 1.165) is 41.4 Å². The molecule has 1 aliphatic heterocycles. The third kappa shape index (κ3) is 3.75. The van der Waals surface area contributed by atoms with Gasteiger partial charge in [-0.05, 0) is 57.2 Å². The molecule has 1 N–H and O–H groups in total. The van der Waals surface area contributed by atoms with E-state index in [0.29, 0.717) is 11.0 Å². The molecular weight excluding hydrogens is 308 g/mol. The first kappa shape index (κ1) is 16.1. The summed E-state index contributed by atoms with van der Waals surface area (Å²) in [7, 11) is 0. The molecule has 3 rings (SSSR count). The molecule has 1 saturated heterocycles. The highest BCUT2D eigenvalue weighted by atomic mass is 35.5. The summed E-state index contributed by atoms with van der Waals surface area (Å²) in [5.41, 5.74) is 4.09. The number of nitrogens with one attached hydrogen (secondary N) is 1. The van der Waals surface area contributed by atoms with E-state index in [1.54, 1.807) is 0 Å². The van der Waals surface area contributed by atoms with Gasteiger partial charge in [0.25, 0.3) is 0 Å². The highest BCUT2D eigenvalue weighted by Gasteiger charge is 2.15. The summed E-state index contributed by atoms with van der Waals surface area (Å²) in [6.07, 6.45) is 3.77. The average Bonchev–Trinajstić information content (AvgIpc) is 2.51. The van der Waals surface area contributed by atoms with Gasteiger partial charge in [0.05, 0.1) is 10.7 Å². The fourth-order valence-corrected chi connectivity index (χ4v) is 3.45. The SMILES string of the molecule is Cc1cc(C)c(Nc2nc(C)cc(N3CCCCC3)n2)c(Cl)c1. The second kappa shape index (κ2) is 6.75. The Morgan fingerprint density at radius 3 is 2.43 bits per heavy atom. The number of rotatable bonds is 3. The summed E-state index contributed by atoms with van der Waals surface area (Å²) in [4.78, 5) is 11.6. The summed E-state index contributed by atoms with van der Waals surface area (Å²) < 4.78 is 0. The molecule has 0 aliphatic carbocycles. The van der Waals surface area contributed by atoms with Crippen LogP contribution in [0.3, 0.4) is 0 Å². The van der Waals surface area contributed by atoms with E-state index in [4.69, 9.17) is 16.6 Å². The standard InChI is InChI=1S/C18H23ClN4/c1-12-9-13(2)17(15(19)10-12)22-18-20-14(3)11-16(21-18)23-7-5-4-6-8-23/h9-11H,4-8H2,1-3H3,(H,20,21,22). The van der Waals surface area contributed by atoms with Crippen LogP contribution in [-0.4, -0.2) is 23.1 Å². The van der Waals surface area contributed by atoms with Crippen molar-refractivity contribution in [2.45, 2.75) is 40.0 Å². The maximum atomic E-state index is 6.38. The van der Waals surface area contributed by atoms with E-state index in [-0.39, 0.29) is 0 Å². The summed E-state index contributed by atoms with van der Waals surface area (Å²) in [6.45, 7) is 8.23. The molecule has 0 radical (unpaired) electrons. The van der Waals surface area contributed by atoms with Crippen LogP contribution in [0, 0.1) is 20.8 Å². The first-order valence-electron chi connectivity index (χ1n) is 8.17. The van der Waals surface area contributed by atoms with Gasteiger partial charge in [-0.15, -0.1) is 0 Å². The smallest absolute Gasteiger partial charge is 0.229 e. The zero-order chi connectivity index (χ0) is 16.4. The highest BCUT2D eigenvalue weighted by molar-refractivity contribution is 6.33. The van der Waals surface area contributed by atoms with Crippen molar-refractivity contribution in [2.24, 2.45) is 0 Å². The van der Waals surface area contributed by atoms with Crippen molar-refractivity contribution in [2.75, 3.05) is 23.3 Å². The predicted octanol–water partition coefficient (Wildman–Crippen LogP) is 4.79. The van der Waals surface area contributed by atoms with Gasteiger partial charge in [0.15, 0.2) is 0 Å². The van der Waals surface area contributed by atoms with Crippen LogP contribution in [0.1, 0.15) is 36.1 Å². The molecule has 0 spiro atoms. The van der Waals surface area contributed by atoms with Crippen molar-refractivity contribution in [1.29, 1.82) is 0 Å². The number of hydrogen-bond donors (Lipinski definition) is 1. The molecule has 2 aromatic rings. The van der Waals surface area contributed by atoms with Crippen LogP contribution in [0.4, 0.5) is 17.5 Å². The number of halogens is 1. The lowest BCUT2D eigenvalue weighted by atomic mass is 10.1. The Morgan fingerprint density at radius 1 is 1.00 bits per heavy atom. The second-order valence-corrected chi connectivity index (χ2v) is 6.71. The first-order valence-corrected chi connectivity index (χ1v) is 8.55. The lowest BCUT2D eigenvalue weighted by Gasteiger charge is -2.28. The first-order chi connectivity index (χ1) is 11.0. The van der Waals surface area contributed by atoms with Crippen molar-refractivity contribution < 1.29 is 0 Å². The monoisotopic (exact) mass is 330 g/mol. The number of piperidine rings is 1. The van der Waals surface area contributed by atoms with Crippen LogP contribution in [0.15, 0.2) is 18.2 Å². The maximum absolute atomic E-state index is 6.38. The molecule has 1 aliphatic rings. The molecule has 0 saturated carbocycles.